The number of ketones is 2. The monoisotopic (exact) mass is 500 g/mol. The van der Waals surface area contributed by atoms with Crippen LogP contribution in [0, 0.1) is 17.8 Å². The van der Waals surface area contributed by atoms with E-state index in [2.05, 4.69) is 24.1 Å². The van der Waals surface area contributed by atoms with Crippen LogP contribution in [-0.4, -0.2) is 80.1 Å². The number of nitrogens with one attached hydrogen (secondary N) is 1. The maximum absolute atomic E-state index is 13.6. The molecule has 1 amide bonds. The number of carbonyl (C=O) groups is 3. The SMILES string of the molecule is CC(C)CNCc1ncc(O)c2c1C[C@H]1C[C@H]3[C@H](N(C)C)C(O)=C(C(N)=O)C(=O)[C@@]3(O)C(O)=C1C2=O. The van der Waals surface area contributed by atoms with Gasteiger partial charge in [-0.15, -0.1) is 0 Å². The van der Waals surface area contributed by atoms with Crippen LogP contribution < -0.4 is 11.1 Å². The molecule has 1 aromatic heterocycles. The molecule has 11 nitrogen and oxygen atoms in total. The summed E-state index contributed by atoms with van der Waals surface area (Å²) in [6, 6.07) is -1.02. The molecule has 0 aromatic carbocycles. The molecule has 36 heavy (non-hydrogen) atoms. The molecular formula is C25H32N4O7. The van der Waals surface area contributed by atoms with Gasteiger partial charge in [-0.3, -0.25) is 24.3 Å². The lowest BCUT2D eigenvalue weighted by atomic mass is 9.58. The smallest absolute Gasteiger partial charge is 0.255 e. The van der Waals surface area contributed by atoms with Crippen molar-refractivity contribution >= 4 is 17.5 Å². The average Bonchev–Trinajstić information content (AvgIpc) is 2.77. The highest BCUT2D eigenvalue weighted by Crippen LogP contribution is 2.52. The highest BCUT2D eigenvalue weighted by atomic mass is 16.3. The van der Waals surface area contributed by atoms with Gasteiger partial charge in [-0.05, 0) is 50.9 Å². The number of amides is 1. The molecule has 4 rings (SSSR count). The van der Waals surface area contributed by atoms with Gasteiger partial charge in [0.2, 0.25) is 5.78 Å². The lowest BCUT2D eigenvalue weighted by Gasteiger charge is -2.50. The van der Waals surface area contributed by atoms with E-state index in [0.29, 0.717) is 23.7 Å². The molecule has 11 heteroatoms. The summed E-state index contributed by atoms with van der Waals surface area (Å²) in [5.74, 6) is -6.35. The number of carbonyl (C=O) groups excluding carboxylic acids is 3. The zero-order valence-electron chi connectivity index (χ0n) is 20.7. The van der Waals surface area contributed by atoms with Crippen molar-refractivity contribution in [2.24, 2.45) is 23.5 Å². The van der Waals surface area contributed by atoms with E-state index in [1.54, 1.807) is 14.1 Å². The van der Waals surface area contributed by atoms with Crippen LogP contribution in [0.2, 0.25) is 0 Å². The molecule has 3 aliphatic rings. The van der Waals surface area contributed by atoms with Gasteiger partial charge >= 0.3 is 0 Å². The van der Waals surface area contributed by atoms with Gasteiger partial charge in [0.05, 0.1) is 23.5 Å². The molecular weight excluding hydrogens is 468 g/mol. The van der Waals surface area contributed by atoms with E-state index in [1.165, 1.54) is 11.1 Å². The Labute approximate surface area is 208 Å². The van der Waals surface area contributed by atoms with Crippen LogP contribution in [0.5, 0.6) is 5.75 Å². The zero-order chi connectivity index (χ0) is 26.7. The Balaban J connectivity index is 1.86. The van der Waals surface area contributed by atoms with Crippen LogP contribution in [0.1, 0.15) is 41.9 Å². The maximum atomic E-state index is 13.6. The molecule has 4 atom stereocenters. The second kappa shape index (κ2) is 8.99. The third kappa shape index (κ3) is 3.69. The molecule has 3 aliphatic carbocycles. The minimum Gasteiger partial charge on any atom is -0.510 e. The van der Waals surface area contributed by atoms with Gasteiger partial charge in [0.25, 0.3) is 5.91 Å². The topological polar surface area (TPSA) is 186 Å². The summed E-state index contributed by atoms with van der Waals surface area (Å²) in [4.78, 5) is 44.8. The lowest BCUT2D eigenvalue weighted by molar-refractivity contribution is -0.148. The fourth-order valence-electron chi connectivity index (χ4n) is 5.84. The van der Waals surface area contributed by atoms with Crippen LogP contribution in [0.4, 0.5) is 0 Å². The number of hydrogen-bond donors (Lipinski definition) is 6. The van der Waals surface area contributed by atoms with E-state index in [9.17, 15) is 34.8 Å². The molecule has 0 saturated heterocycles. The molecule has 0 unspecified atom stereocenters. The van der Waals surface area contributed by atoms with Crippen LogP contribution in [0.25, 0.3) is 0 Å². The van der Waals surface area contributed by atoms with Crippen molar-refractivity contribution in [2.45, 2.75) is 44.9 Å². The summed E-state index contributed by atoms with van der Waals surface area (Å²) >= 11 is 0. The van der Waals surface area contributed by atoms with Gasteiger partial charge in [-0.2, -0.15) is 0 Å². The van der Waals surface area contributed by atoms with Crippen molar-refractivity contribution in [3.8, 4) is 5.75 Å². The van der Waals surface area contributed by atoms with E-state index in [1.807, 2.05) is 0 Å². The van der Waals surface area contributed by atoms with Gasteiger partial charge in [0, 0.05) is 18.0 Å². The Morgan fingerprint density at radius 3 is 2.53 bits per heavy atom. The number of primary amides is 1. The number of Topliss-reactive ketones (excluding diaryl/α,β-unsaturated/α-hetero) is 2. The van der Waals surface area contributed by atoms with Crippen molar-refractivity contribution in [3.63, 3.8) is 0 Å². The molecule has 0 radical (unpaired) electrons. The van der Waals surface area contributed by atoms with E-state index in [4.69, 9.17) is 5.73 Å². The number of aromatic nitrogens is 1. The van der Waals surface area contributed by atoms with Crippen LogP contribution in [0.3, 0.4) is 0 Å². The Hall–Kier alpha value is -3.28. The molecule has 1 aromatic rings. The van der Waals surface area contributed by atoms with Gasteiger partial charge in [-0.25, -0.2) is 0 Å². The number of hydrogen-bond acceptors (Lipinski definition) is 10. The number of aliphatic hydroxyl groups excluding tert-OH is 2. The molecule has 7 N–H and O–H groups in total. The molecule has 0 fully saturated rings. The van der Waals surface area contributed by atoms with E-state index < -0.39 is 58.0 Å². The number of nitrogens with zero attached hydrogens (tertiary/aromatic N) is 2. The Bertz CT molecular complexity index is 1220. The predicted molar refractivity (Wildman–Crippen MR) is 128 cm³/mol. The summed E-state index contributed by atoms with van der Waals surface area (Å²) in [5.41, 5.74) is 2.76. The average molecular weight is 501 g/mol. The van der Waals surface area contributed by atoms with Gasteiger partial charge in [0.15, 0.2) is 11.4 Å². The van der Waals surface area contributed by atoms with Crippen molar-refractivity contribution < 1.29 is 34.8 Å². The van der Waals surface area contributed by atoms with Crippen molar-refractivity contribution in [3.05, 3.63) is 45.7 Å². The first-order valence-corrected chi connectivity index (χ1v) is 11.9. The number of aromatic hydroxyl groups is 1. The highest BCUT2D eigenvalue weighted by molar-refractivity contribution is 6.24. The number of pyridine rings is 1. The van der Waals surface area contributed by atoms with Gasteiger partial charge in [-0.1, -0.05) is 13.8 Å². The van der Waals surface area contributed by atoms with Gasteiger partial charge < -0.3 is 31.5 Å². The van der Waals surface area contributed by atoms with E-state index >= 15 is 0 Å². The molecule has 0 bridgehead atoms. The maximum Gasteiger partial charge on any atom is 0.255 e. The predicted octanol–water partition coefficient (Wildman–Crippen LogP) is 0.261. The van der Waals surface area contributed by atoms with E-state index in [-0.39, 0.29) is 29.7 Å². The van der Waals surface area contributed by atoms with Crippen molar-refractivity contribution in [2.75, 3.05) is 20.6 Å². The third-order valence-corrected chi connectivity index (χ3v) is 7.41. The lowest BCUT2D eigenvalue weighted by Crippen LogP contribution is -2.63. The standard InChI is InChI=1S/C25H32N4O7/c1-10(2)7-27-8-14-12-5-11-6-13-19(29(3)4)21(32)18(24(26)35)23(34)25(13,36)22(33)16(11)20(31)17(12)15(30)9-28-14/h9-11,13,19,27,30,32-33,36H,5-8H2,1-4H3,(H2,26,35)/t11-,13-,19-,25-/m0/s1. The fraction of sp³-hybridized carbons (Fsp3) is 0.520. The summed E-state index contributed by atoms with van der Waals surface area (Å²) in [6.45, 7) is 5.19. The summed E-state index contributed by atoms with van der Waals surface area (Å²) in [6.07, 6.45) is 1.43. The van der Waals surface area contributed by atoms with Gasteiger partial charge in [0.1, 0.15) is 22.8 Å². The summed E-state index contributed by atoms with van der Waals surface area (Å²) in [7, 11) is 3.18. The number of rotatable bonds is 6. The number of fused-ring (bicyclic) bond motifs is 3. The minimum atomic E-state index is -2.64. The molecule has 0 aliphatic heterocycles. The summed E-state index contributed by atoms with van der Waals surface area (Å²) in [5, 5.41) is 47.5. The van der Waals surface area contributed by atoms with Crippen LogP contribution in [-0.2, 0) is 22.6 Å². The Morgan fingerprint density at radius 1 is 1.28 bits per heavy atom. The Morgan fingerprint density at radius 2 is 1.94 bits per heavy atom. The first-order valence-electron chi connectivity index (χ1n) is 11.9. The first kappa shape index (κ1) is 25.8. The number of allylic oxidation sites excluding steroid dienone is 1. The highest BCUT2D eigenvalue weighted by Gasteiger charge is 2.63. The molecule has 0 saturated carbocycles. The Kier molecular flexibility index (Phi) is 6.44. The second-order valence-electron chi connectivity index (χ2n) is 10.4. The molecule has 0 spiro atoms. The normalized spacial score (nSPS) is 27.9. The fourth-order valence-corrected chi connectivity index (χ4v) is 5.84. The van der Waals surface area contributed by atoms with Crippen molar-refractivity contribution in [1.29, 1.82) is 0 Å². The quantitative estimate of drug-likeness (QED) is 0.296. The number of likely N-dealkylation sites (N-methyl/N-ethyl adjacent to an activating group) is 1. The first-order chi connectivity index (χ1) is 16.8. The summed E-state index contributed by atoms with van der Waals surface area (Å²) < 4.78 is 0. The largest absolute Gasteiger partial charge is 0.510 e. The molecule has 1 heterocycles. The van der Waals surface area contributed by atoms with Crippen LogP contribution >= 0.6 is 0 Å². The number of nitrogens with two attached hydrogens (primary N) is 1. The van der Waals surface area contributed by atoms with Crippen molar-refractivity contribution in [1.82, 2.24) is 15.2 Å². The van der Waals surface area contributed by atoms with E-state index in [0.717, 1.165) is 6.54 Å². The zero-order valence-corrected chi connectivity index (χ0v) is 20.7. The second-order valence-corrected chi connectivity index (χ2v) is 10.4. The number of aliphatic hydroxyl groups is 3. The minimum absolute atomic E-state index is 0.0351. The van der Waals surface area contributed by atoms with Crippen LogP contribution in [0.15, 0.2) is 28.9 Å². The third-order valence-electron chi connectivity index (χ3n) is 7.41. The molecule has 194 valence electrons.